The van der Waals surface area contributed by atoms with Gasteiger partial charge in [0.05, 0.1) is 0 Å². The van der Waals surface area contributed by atoms with Crippen molar-refractivity contribution in [1.29, 1.82) is 0 Å². The molecule has 1 atom stereocenters. The van der Waals surface area contributed by atoms with Gasteiger partial charge >= 0.3 is 0 Å². The molecule has 1 saturated heterocycles. The fourth-order valence-corrected chi connectivity index (χ4v) is 3.49. The van der Waals surface area contributed by atoms with Gasteiger partial charge in [0, 0.05) is 36.7 Å². The lowest BCUT2D eigenvalue weighted by Crippen LogP contribution is -2.27. The van der Waals surface area contributed by atoms with E-state index in [0.29, 0.717) is 11.6 Å². The maximum Gasteiger partial charge on any atom is 0.230 e. The molecule has 0 N–H and O–H groups in total. The number of amides is 1. The maximum atomic E-state index is 12.8. The Kier molecular flexibility index (Phi) is 4.67. The van der Waals surface area contributed by atoms with Gasteiger partial charge in [-0.1, -0.05) is 29.8 Å². The Morgan fingerprint density at radius 2 is 1.73 bits per heavy atom. The molecule has 0 saturated carbocycles. The van der Waals surface area contributed by atoms with Gasteiger partial charge in [0.25, 0.3) is 0 Å². The minimum Gasteiger partial charge on any atom is -0.312 e. The fraction of sp³-hybridized carbons (Fsp3) is 0.190. The third-order valence-electron chi connectivity index (χ3n) is 4.78. The van der Waals surface area contributed by atoms with E-state index in [4.69, 9.17) is 11.6 Å². The zero-order valence-corrected chi connectivity index (χ0v) is 14.9. The highest BCUT2D eigenvalue weighted by Crippen LogP contribution is 2.29. The number of halogens is 1. The first-order chi connectivity index (χ1) is 12.7. The highest BCUT2D eigenvalue weighted by molar-refractivity contribution is 6.29. The smallest absolute Gasteiger partial charge is 0.230 e. The van der Waals surface area contributed by atoms with E-state index in [1.54, 1.807) is 24.7 Å². The standard InChI is InChI=1S/C21H18ClN3O/c22-20-6-1-15(14-24-20)13-18-9-12-25(21(18)26)19-4-2-16(3-5-19)17-7-10-23-11-8-17/h1-8,10-11,14,18H,9,12-13H2. The van der Waals surface area contributed by atoms with E-state index < -0.39 is 0 Å². The van der Waals surface area contributed by atoms with Crippen LogP contribution in [-0.4, -0.2) is 22.4 Å². The van der Waals surface area contributed by atoms with Gasteiger partial charge in [-0.05, 0) is 59.9 Å². The molecule has 1 aromatic carbocycles. The highest BCUT2D eigenvalue weighted by atomic mass is 35.5. The van der Waals surface area contributed by atoms with Gasteiger partial charge in [0.1, 0.15) is 5.15 Å². The third kappa shape index (κ3) is 3.46. The largest absolute Gasteiger partial charge is 0.312 e. The molecule has 130 valence electrons. The lowest BCUT2D eigenvalue weighted by molar-refractivity contribution is -0.120. The molecule has 4 nitrogen and oxygen atoms in total. The van der Waals surface area contributed by atoms with Crippen molar-refractivity contribution in [3.05, 3.63) is 77.8 Å². The van der Waals surface area contributed by atoms with Gasteiger partial charge in [-0.15, -0.1) is 0 Å². The van der Waals surface area contributed by atoms with E-state index in [9.17, 15) is 4.79 Å². The van der Waals surface area contributed by atoms with Crippen molar-refractivity contribution in [2.24, 2.45) is 5.92 Å². The molecule has 1 fully saturated rings. The van der Waals surface area contributed by atoms with Gasteiger partial charge in [-0.25, -0.2) is 4.98 Å². The predicted octanol–water partition coefficient (Wildman–Crippen LogP) is 4.39. The van der Waals surface area contributed by atoms with Crippen LogP contribution in [0, 0.1) is 5.92 Å². The molecule has 26 heavy (non-hydrogen) atoms. The van der Waals surface area contributed by atoms with E-state index in [1.165, 1.54) is 0 Å². The molecule has 0 bridgehead atoms. The highest BCUT2D eigenvalue weighted by Gasteiger charge is 2.32. The number of rotatable bonds is 4. The Morgan fingerprint density at radius 3 is 2.42 bits per heavy atom. The first kappa shape index (κ1) is 16.7. The quantitative estimate of drug-likeness (QED) is 0.646. The van der Waals surface area contributed by atoms with Crippen LogP contribution in [-0.2, 0) is 11.2 Å². The summed E-state index contributed by atoms with van der Waals surface area (Å²) in [6.45, 7) is 0.749. The van der Waals surface area contributed by atoms with E-state index in [0.717, 1.165) is 35.3 Å². The van der Waals surface area contributed by atoms with Gasteiger partial charge in [0.2, 0.25) is 5.91 Å². The van der Waals surface area contributed by atoms with Crippen molar-refractivity contribution in [2.45, 2.75) is 12.8 Å². The summed E-state index contributed by atoms with van der Waals surface area (Å²) in [7, 11) is 0. The maximum absolute atomic E-state index is 12.8. The molecular weight excluding hydrogens is 346 g/mol. The number of aromatic nitrogens is 2. The molecule has 0 radical (unpaired) electrons. The number of anilines is 1. The van der Waals surface area contributed by atoms with Crippen molar-refractivity contribution in [2.75, 3.05) is 11.4 Å². The molecule has 5 heteroatoms. The Labute approximate surface area is 157 Å². The fourth-order valence-electron chi connectivity index (χ4n) is 3.37. The van der Waals surface area contributed by atoms with Gasteiger partial charge in [-0.2, -0.15) is 0 Å². The lowest BCUT2D eigenvalue weighted by Gasteiger charge is -2.17. The van der Waals surface area contributed by atoms with Crippen LogP contribution in [0.1, 0.15) is 12.0 Å². The van der Waals surface area contributed by atoms with Crippen LogP contribution in [0.25, 0.3) is 11.1 Å². The first-order valence-electron chi connectivity index (χ1n) is 8.63. The zero-order chi connectivity index (χ0) is 17.9. The van der Waals surface area contributed by atoms with Crippen molar-refractivity contribution < 1.29 is 4.79 Å². The topological polar surface area (TPSA) is 46.1 Å². The molecule has 3 heterocycles. The number of nitrogens with zero attached hydrogens (tertiary/aromatic N) is 3. The summed E-state index contributed by atoms with van der Waals surface area (Å²) >= 11 is 5.83. The van der Waals surface area contributed by atoms with Crippen molar-refractivity contribution in [3.8, 4) is 11.1 Å². The van der Waals surface area contributed by atoms with E-state index in [1.807, 2.05) is 47.4 Å². The van der Waals surface area contributed by atoms with Gasteiger partial charge in [-0.3, -0.25) is 9.78 Å². The summed E-state index contributed by atoms with van der Waals surface area (Å²) in [5.41, 5.74) is 4.23. The summed E-state index contributed by atoms with van der Waals surface area (Å²) in [6.07, 6.45) is 6.87. The van der Waals surface area contributed by atoms with Crippen LogP contribution >= 0.6 is 11.6 Å². The average molecular weight is 364 g/mol. The molecule has 0 aliphatic carbocycles. The number of benzene rings is 1. The minimum atomic E-state index is -0.00199. The second-order valence-corrected chi connectivity index (χ2v) is 6.84. The molecule has 4 rings (SSSR count). The minimum absolute atomic E-state index is 0.00199. The summed E-state index contributed by atoms with van der Waals surface area (Å²) in [4.78, 5) is 22.8. The molecule has 2 aromatic heterocycles. The van der Waals surface area contributed by atoms with Gasteiger partial charge < -0.3 is 4.90 Å². The monoisotopic (exact) mass is 363 g/mol. The van der Waals surface area contributed by atoms with Crippen LogP contribution in [0.5, 0.6) is 0 Å². The van der Waals surface area contributed by atoms with Crippen molar-refractivity contribution >= 4 is 23.2 Å². The van der Waals surface area contributed by atoms with Crippen LogP contribution < -0.4 is 4.90 Å². The van der Waals surface area contributed by atoms with Crippen molar-refractivity contribution in [1.82, 2.24) is 9.97 Å². The summed E-state index contributed by atoms with van der Waals surface area (Å²) in [6, 6.07) is 15.8. The first-order valence-corrected chi connectivity index (χ1v) is 9.01. The number of carbonyl (C=O) groups excluding carboxylic acids is 1. The van der Waals surface area contributed by atoms with Crippen LogP contribution in [0.3, 0.4) is 0 Å². The molecule has 3 aromatic rings. The van der Waals surface area contributed by atoms with E-state index >= 15 is 0 Å². The molecule has 1 unspecified atom stereocenters. The Hall–Kier alpha value is -2.72. The predicted molar refractivity (Wildman–Crippen MR) is 103 cm³/mol. The Balaban J connectivity index is 1.47. The lowest BCUT2D eigenvalue weighted by atomic mass is 9.99. The van der Waals surface area contributed by atoms with Gasteiger partial charge in [0.15, 0.2) is 0 Å². The molecule has 1 aliphatic rings. The second-order valence-electron chi connectivity index (χ2n) is 6.45. The number of pyridine rings is 2. The van der Waals surface area contributed by atoms with E-state index in [-0.39, 0.29) is 11.8 Å². The second kappa shape index (κ2) is 7.26. The molecule has 1 amide bonds. The van der Waals surface area contributed by atoms with Crippen molar-refractivity contribution in [3.63, 3.8) is 0 Å². The number of hydrogen-bond donors (Lipinski definition) is 0. The summed E-state index contributed by atoms with van der Waals surface area (Å²) in [5.74, 6) is 0.175. The third-order valence-corrected chi connectivity index (χ3v) is 5.00. The zero-order valence-electron chi connectivity index (χ0n) is 14.2. The Morgan fingerprint density at radius 1 is 1.00 bits per heavy atom. The number of hydrogen-bond acceptors (Lipinski definition) is 3. The van der Waals surface area contributed by atoms with Crippen LogP contribution in [0.2, 0.25) is 5.15 Å². The number of carbonyl (C=O) groups is 1. The average Bonchev–Trinajstić information content (AvgIpc) is 3.05. The Bertz CT molecular complexity index is 895. The molecule has 1 aliphatic heterocycles. The normalized spacial score (nSPS) is 16.9. The SMILES string of the molecule is O=C1C(Cc2ccc(Cl)nc2)CCN1c1ccc(-c2ccncc2)cc1. The molecule has 0 spiro atoms. The molecular formula is C21H18ClN3O. The summed E-state index contributed by atoms with van der Waals surface area (Å²) < 4.78 is 0. The van der Waals surface area contributed by atoms with Crippen LogP contribution in [0.4, 0.5) is 5.69 Å². The van der Waals surface area contributed by atoms with E-state index in [2.05, 4.69) is 9.97 Å². The van der Waals surface area contributed by atoms with Crippen LogP contribution in [0.15, 0.2) is 67.1 Å². The summed E-state index contributed by atoms with van der Waals surface area (Å²) in [5, 5.41) is 0.474.